The van der Waals surface area contributed by atoms with Gasteiger partial charge < -0.3 is 0 Å². The molecule has 2 N–H and O–H groups in total. The van der Waals surface area contributed by atoms with Gasteiger partial charge >= 0.3 is 10.3 Å². The van der Waals surface area contributed by atoms with E-state index in [4.69, 9.17) is 4.55 Å². The lowest BCUT2D eigenvalue weighted by atomic mass is 10.3. The molecule has 0 aromatic carbocycles. The van der Waals surface area contributed by atoms with Gasteiger partial charge in [0, 0.05) is 6.54 Å². The van der Waals surface area contributed by atoms with Gasteiger partial charge in [0.15, 0.2) is 0 Å². The molecule has 0 amide bonds. The minimum Gasteiger partial charge on any atom is -0.273 e. The van der Waals surface area contributed by atoms with Gasteiger partial charge in [-0.05, 0) is 6.42 Å². The van der Waals surface area contributed by atoms with E-state index in [1.165, 1.54) is 0 Å². The summed E-state index contributed by atoms with van der Waals surface area (Å²) in [5, 5.41) is 0. The van der Waals surface area contributed by atoms with Crippen LogP contribution in [0.1, 0.15) is 26.2 Å². The van der Waals surface area contributed by atoms with Crippen molar-refractivity contribution in [2.45, 2.75) is 26.2 Å². The summed E-state index contributed by atoms with van der Waals surface area (Å²) in [7, 11) is -3.95. The Morgan fingerprint density at radius 2 is 1.91 bits per heavy atom. The van der Waals surface area contributed by atoms with Crippen LogP contribution in [0.15, 0.2) is 0 Å². The normalized spacial score (nSPS) is 10.7. The average Bonchev–Trinajstić information content (AvgIpc) is 1.78. The van der Waals surface area contributed by atoms with E-state index in [-0.39, 0.29) is 12.4 Å². The van der Waals surface area contributed by atoms with Crippen LogP contribution in [0.25, 0.3) is 0 Å². The summed E-state index contributed by atoms with van der Waals surface area (Å²) < 4.78 is 30.2. The Balaban J connectivity index is 0. The number of nitrogens with one attached hydrogen (secondary N) is 1. The topological polar surface area (TPSA) is 66.4 Å². The Labute approximate surface area is 73.7 Å². The van der Waals surface area contributed by atoms with Crippen molar-refractivity contribution < 1.29 is 13.0 Å². The highest BCUT2D eigenvalue weighted by Crippen LogP contribution is 1.91. The van der Waals surface area contributed by atoms with Crippen molar-refractivity contribution in [2.24, 2.45) is 0 Å². The maximum atomic E-state index is 10.0. The number of rotatable bonds is 5. The number of hydrogen-bond donors (Lipinski definition) is 2. The van der Waals surface area contributed by atoms with Gasteiger partial charge in [-0.1, -0.05) is 19.8 Å². The molecule has 0 radical (unpaired) electrons. The summed E-state index contributed by atoms with van der Waals surface area (Å²) in [6, 6.07) is 0. The molecule has 4 nitrogen and oxygen atoms in total. The fourth-order valence-corrected chi connectivity index (χ4v) is 0.978. The predicted octanol–water partition coefficient (Wildman–Crippen LogP) is 0.991. The van der Waals surface area contributed by atoms with E-state index in [2.05, 4.69) is 0 Å². The van der Waals surface area contributed by atoms with Crippen LogP contribution in [0.5, 0.6) is 0 Å². The van der Waals surface area contributed by atoms with Crippen LogP contribution in [0, 0.1) is 0 Å². The molecule has 0 aliphatic carbocycles. The highest BCUT2D eigenvalue weighted by Gasteiger charge is 1.99. The molecule has 0 aromatic rings. The lowest BCUT2D eigenvalue weighted by molar-refractivity contribution is 0.465. The Morgan fingerprint density at radius 1 is 1.36 bits per heavy atom. The van der Waals surface area contributed by atoms with E-state index in [0.29, 0.717) is 6.54 Å². The third kappa shape index (κ3) is 13.2. The second-order valence-electron chi connectivity index (χ2n) is 2.08. The minimum atomic E-state index is -3.95. The van der Waals surface area contributed by atoms with Crippen molar-refractivity contribution in [3.05, 3.63) is 0 Å². The molecule has 0 aromatic heterocycles. The van der Waals surface area contributed by atoms with Crippen molar-refractivity contribution in [2.75, 3.05) is 6.54 Å². The van der Waals surface area contributed by atoms with Gasteiger partial charge in [0.2, 0.25) is 0 Å². The zero-order valence-corrected chi connectivity index (χ0v) is 8.04. The predicted molar refractivity (Wildman–Crippen MR) is 46.3 cm³/mol. The monoisotopic (exact) mass is 203 g/mol. The Hall–Kier alpha value is 0.160. The van der Waals surface area contributed by atoms with Crippen LogP contribution >= 0.6 is 12.4 Å². The van der Waals surface area contributed by atoms with Crippen molar-refractivity contribution >= 4 is 22.7 Å². The first-order valence-corrected chi connectivity index (χ1v) is 4.72. The summed E-state index contributed by atoms with van der Waals surface area (Å²) >= 11 is 0. The second kappa shape index (κ2) is 6.84. The van der Waals surface area contributed by atoms with E-state index in [0.717, 1.165) is 19.3 Å². The van der Waals surface area contributed by atoms with Crippen LogP contribution < -0.4 is 4.72 Å². The van der Waals surface area contributed by atoms with E-state index in [9.17, 15) is 8.42 Å². The first kappa shape index (κ1) is 13.7. The summed E-state index contributed by atoms with van der Waals surface area (Å²) in [6.07, 6.45) is 2.78. The molecule has 0 aliphatic rings. The van der Waals surface area contributed by atoms with Crippen molar-refractivity contribution in [1.29, 1.82) is 0 Å². The number of hydrogen-bond acceptors (Lipinski definition) is 2. The number of unbranched alkanes of at least 4 members (excludes halogenated alkanes) is 2. The highest BCUT2D eigenvalue weighted by molar-refractivity contribution is 7.83. The molecule has 0 aliphatic heterocycles. The van der Waals surface area contributed by atoms with Crippen LogP contribution in [0.4, 0.5) is 0 Å². The van der Waals surface area contributed by atoms with Gasteiger partial charge in [-0.15, -0.1) is 12.4 Å². The molecule has 0 fully saturated rings. The second-order valence-corrected chi connectivity index (χ2v) is 3.32. The maximum absolute atomic E-state index is 10.0. The fourth-order valence-electron chi connectivity index (χ4n) is 0.576. The molecule has 0 saturated heterocycles. The first-order valence-electron chi connectivity index (χ1n) is 3.28. The minimum absolute atomic E-state index is 0. The zero-order valence-electron chi connectivity index (χ0n) is 6.41. The van der Waals surface area contributed by atoms with Crippen molar-refractivity contribution in [3.8, 4) is 0 Å². The summed E-state index contributed by atoms with van der Waals surface area (Å²) in [6.45, 7) is 2.35. The summed E-state index contributed by atoms with van der Waals surface area (Å²) in [5.74, 6) is 0. The molecule has 0 rings (SSSR count). The van der Waals surface area contributed by atoms with Gasteiger partial charge in [0.25, 0.3) is 0 Å². The van der Waals surface area contributed by atoms with Gasteiger partial charge in [0.1, 0.15) is 0 Å². The smallest absolute Gasteiger partial charge is 0.273 e. The molecule has 0 bridgehead atoms. The molecule has 0 heterocycles. The third-order valence-electron chi connectivity index (χ3n) is 1.06. The van der Waals surface area contributed by atoms with Gasteiger partial charge in [-0.2, -0.15) is 13.1 Å². The third-order valence-corrected chi connectivity index (χ3v) is 1.63. The molecular formula is C5H14ClNO3S. The van der Waals surface area contributed by atoms with Crippen LogP contribution in [-0.4, -0.2) is 19.5 Å². The van der Waals surface area contributed by atoms with Crippen molar-refractivity contribution in [3.63, 3.8) is 0 Å². The first-order chi connectivity index (χ1) is 4.56. The summed E-state index contributed by atoms with van der Waals surface area (Å²) in [5.41, 5.74) is 0. The Morgan fingerprint density at radius 3 is 2.27 bits per heavy atom. The van der Waals surface area contributed by atoms with Crippen LogP contribution in [0.3, 0.4) is 0 Å². The Bertz CT molecular complexity index is 169. The molecule has 11 heavy (non-hydrogen) atoms. The molecule has 0 spiro atoms. The molecule has 0 saturated carbocycles. The highest BCUT2D eigenvalue weighted by atomic mass is 35.5. The molecule has 70 valence electrons. The average molecular weight is 204 g/mol. The van der Waals surface area contributed by atoms with Gasteiger partial charge in [-0.25, -0.2) is 0 Å². The van der Waals surface area contributed by atoms with E-state index in [1.54, 1.807) is 0 Å². The number of halogens is 1. The van der Waals surface area contributed by atoms with Gasteiger partial charge in [0.05, 0.1) is 0 Å². The largest absolute Gasteiger partial charge is 0.333 e. The van der Waals surface area contributed by atoms with Crippen molar-refractivity contribution in [1.82, 2.24) is 4.72 Å². The standard InChI is InChI=1S/C5H13NO3S.ClH/c1-2-3-4-5-6-10(7,8)9;/h6H,2-5H2,1H3,(H,7,8,9);1H. The zero-order chi connectivity index (χ0) is 8.04. The summed E-state index contributed by atoms with van der Waals surface area (Å²) in [4.78, 5) is 0. The van der Waals surface area contributed by atoms with Gasteiger partial charge in [-0.3, -0.25) is 4.55 Å². The lowest BCUT2D eigenvalue weighted by Crippen LogP contribution is -2.23. The van der Waals surface area contributed by atoms with E-state index >= 15 is 0 Å². The van der Waals surface area contributed by atoms with E-state index < -0.39 is 10.3 Å². The lowest BCUT2D eigenvalue weighted by Gasteiger charge is -1.97. The molecular weight excluding hydrogens is 190 g/mol. The SMILES string of the molecule is CCCCCNS(=O)(=O)O.Cl. The quantitative estimate of drug-likeness (QED) is 0.517. The van der Waals surface area contributed by atoms with E-state index in [1.807, 2.05) is 11.6 Å². The Kier molecular flexibility index (Phi) is 8.54. The van der Waals surface area contributed by atoms with Crippen LogP contribution in [0.2, 0.25) is 0 Å². The molecule has 0 atom stereocenters. The fraction of sp³-hybridized carbons (Fsp3) is 1.00. The molecule has 0 unspecified atom stereocenters. The molecule has 6 heteroatoms. The maximum Gasteiger partial charge on any atom is 0.333 e. The van der Waals surface area contributed by atoms with Crippen LogP contribution in [-0.2, 0) is 10.3 Å².